The van der Waals surface area contributed by atoms with Crippen LogP contribution in [0.2, 0.25) is 0 Å². The van der Waals surface area contributed by atoms with Gasteiger partial charge in [0.25, 0.3) is 0 Å². The highest BCUT2D eigenvalue weighted by atomic mass is 31.2. The number of unbranched alkanes of at least 4 members (excludes halogenated alkanes) is 34. The van der Waals surface area contributed by atoms with Crippen molar-refractivity contribution in [2.45, 2.75) is 373 Å². The van der Waals surface area contributed by atoms with Gasteiger partial charge in [0.1, 0.15) is 25.4 Å². The molecule has 16 nitrogen and oxygen atoms in total. The van der Waals surface area contributed by atoms with E-state index in [1.807, 2.05) is 0 Å². The summed E-state index contributed by atoms with van der Waals surface area (Å²) in [7, 11) is -9.81. The molecule has 109 heavy (non-hydrogen) atoms. The number of hydrogen-bond donors (Lipinski definition) is 4. The quantitative estimate of drug-likeness (QED) is 0.0146. The summed E-state index contributed by atoms with van der Waals surface area (Å²) in [5, 5.41) is 20.7. The molecule has 0 aromatic rings. The summed E-state index contributed by atoms with van der Waals surface area (Å²) in [6.45, 7) is 2.50. The van der Waals surface area contributed by atoms with Crippen LogP contribution in [0.25, 0.3) is 0 Å². The minimum Gasteiger partial charge on any atom is -0.463 e. The summed E-state index contributed by atoms with van der Waals surface area (Å²) in [5.41, 5.74) is 0. The van der Waals surface area contributed by atoms with Crippen LogP contribution in [0, 0.1) is 0 Å². The number of phosphoric acid groups is 2. The largest absolute Gasteiger partial charge is 0.472 e. The first-order chi connectivity index (χ1) is 53.2. The van der Waals surface area contributed by atoms with Crippen molar-refractivity contribution in [2.24, 2.45) is 0 Å². The van der Waals surface area contributed by atoms with Gasteiger partial charge in [-0.1, -0.05) is 334 Å². The van der Waals surface area contributed by atoms with E-state index in [0.717, 1.165) is 154 Å². The summed E-state index contributed by atoms with van der Waals surface area (Å²) in [4.78, 5) is 58.8. The van der Waals surface area contributed by atoms with Crippen molar-refractivity contribution in [1.29, 1.82) is 0 Å². The Morgan fingerprint density at radius 1 is 0.266 bits per heavy atom. The molecule has 0 saturated carbocycles. The lowest BCUT2D eigenvalue weighted by molar-refractivity contribution is -0.161. The molecule has 5 atom stereocenters. The van der Waals surface area contributed by atoms with Crippen LogP contribution in [0.15, 0.2) is 146 Å². The molecule has 0 aromatic heterocycles. The maximum absolute atomic E-state index is 13.0. The Labute approximate surface area is 664 Å². The van der Waals surface area contributed by atoms with Gasteiger partial charge in [-0.15, -0.1) is 0 Å². The summed E-state index contributed by atoms with van der Waals surface area (Å²) in [6.07, 6.45) is 103. The van der Waals surface area contributed by atoms with E-state index in [1.165, 1.54) is 141 Å². The van der Waals surface area contributed by atoms with Gasteiger partial charge in [-0.25, -0.2) is 9.13 Å². The Hall–Kier alpha value is -4.57. The Morgan fingerprint density at radius 2 is 0.486 bits per heavy atom. The summed E-state index contributed by atoms with van der Waals surface area (Å²) < 4.78 is 61.3. The Balaban J connectivity index is 4.51. The lowest BCUT2D eigenvalue weighted by Crippen LogP contribution is -2.30. The molecule has 0 bridgehead atoms. The van der Waals surface area contributed by atoms with Crippen LogP contribution in [0.1, 0.15) is 355 Å². The van der Waals surface area contributed by atoms with E-state index in [1.54, 1.807) is 0 Å². The van der Waals surface area contributed by atoms with Gasteiger partial charge in [0.2, 0.25) is 0 Å². The van der Waals surface area contributed by atoms with Crippen molar-refractivity contribution >= 4 is 33.6 Å². The zero-order valence-electron chi connectivity index (χ0n) is 68.7. The third-order valence-corrected chi connectivity index (χ3v) is 19.9. The number of allylic oxidation sites excluding steroid dienone is 24. The van der Waals surface area contributed by atoms with Crippen molar-refractivity contribution in [2.75, 3.05) is 39.6 Å². The highest BCUT2D eigenvalue weighted by Gasteiger charge is 2.29. The lowest BCUT2D eigenvalue weighted by Gasteiger charge is -2.21. The highest BCUT2D eigenvalue weighted by molar-refractivity contribution is 7.47. The number of esters is 3. The molecule has 0 saturated heterocycles. The number of aliphatic hydroxyl groups excluding tert-OH is 2. The van der Waals surface area contributed by atoms with Gasteiger partial charge >= 0.3 is 33.6 Å². The average molecular weight is 1570 g/mol. The molecule has 18 heteroatoms. The first-order valence-electron chi connectivity index (χ1n) is 43.1. The molecular formula is C91H156O16P2. The average Bonchev–Trinajstić information content (AvgIpc) is 0.903. The molecule has 0 fully saturated rings. The number of ether oxygens (including phenoxy) is 3. The minimum atomic E-state index is -4.95. The summed E-state index contributed by atoms with van der Waals surface area (Å²) >= 11 is 0. The van der Waals surface area contributed by atoms with Crippen molar-refractivity contribution in [3.63, 3.8) is 0 Å². The van der Waals surface area contributed by atoms with Crippen LogP contribution >= 0.6 is 15.6 Å². The minimum absolute atomic E-state index is 0.0704. The number of carbonyl (C=O) groups is 3. The fourth-order valence-corrected chi connectivity index (χ4v) is 13.1. The van der Waals surface area contributed by atoms with E-state index in [0.29, 0.717) is 19.3 Å². The van der Waals surface area contributed by atoms with Crippen LogP contribution in [-0.4, -0.2) is 95.9 Å². The lowest BCUT2D eigenvalue weighted by atomic mass is 10.0. The van der Waals surface area contributed by atoms with Crippen LogP contribution < -0.4 is 0 Å². The number of rotatable bonds is 81. The van der Waals surface area contributed by atoms with Crippen LogP contribution in [0.4, 0.5) is 0 Å². The zero-order valence-corrected chi connectivity index (χ0v) is 70.5. The molecule has 626 valence electrons. The van der Waals surface area contributed by atoms with Crippen molar-refractivity contribution < 1.29 is 75.8 Å². The van der Waals surface area contributed by atoms with Crippen molar-refractivity contribution in [3.05, 3.63) is 146 Å². The fourth-order valence-electron chi connectivity index (χ4n) is 11.5. The van der Waals surface area contributed by atoms with Gasteiger partial charge in [0, 0.05) is 19.3 Å². The molecule has 0 heterocycles. The van der Waals surface area contributed by atoms with E-state index < -0.39 is 91.5 Å². The molecule has 0 radical (unpaired) electrons. The standard InChI is InChI=1S/C91H156O16P2/c1-4-7-10-13-16-19-22-25-28-31-33-35-37-38-39-40-41-42-43-44-45-46-48-50-51-54-56-59-62-65-68-71-74-77-89(94)101-80-86(92)81-103-108(97,98)104-82-87(93)83-105-109(99,100)106-85-88(107-91(96)79-76-73-70-67-64-61-58-53-30-27-24-21-18-15-12-9-6-3)84-102-90(95)78-75-72-69-66-63-60-57-55-52-49-47-36-34-32-29-26-23-20-17-14-11-8-5-2/h9,12,16-21,25-30,33-36,38-39,49,52,58,61,86-88,92-93H,4-8,10-11,13-15,22-24,31-32,37,40-48,50-51,53-57,59-60,62-85H2,1-3H3,(H,97,98)(H,99,100)/b12-9-,19-16-,20-17-,21-18-,28-25-,29-26-,30-27-,35-33-,36-34-,39-38-,52-49-,61-58-. The third-order valence-electron chi connectivity index (χ3n) is 18.0. The SMILES string of the molecule is CC/C=C\C/C=C\C/C=C\C/C=C\CCCCCCC(=O)OC(COC(=O)CCCCCCCCC/C=C\C/C=C\C/C=C\C/C=C\CCCCC)COP(=O)(O)OCC(O)COP(=O)(O)OCC(O)COC(=O)CCCCCCCCCCCCCCCCCCC/C=C\C/C=C\C/C=C\C/C=C\CCCCC. The number of hydrogen-bond acceptors (Lipinski definition) is 14. The Bertz CT molecular complexity index is 2560. The number of phosphoric ester groups is 2. The molecule has 0 amide bonds. The molecule has 0 spiro atoms. The molecule has 0 aromatic carbocycles. The molecule has 0 aliphatic rings. The third kappa shape index (κ3) is 84.2. The van der Waals surface area contributed by atoms with Gasteiger partial charge < -0.3 is 34.2 Å². The molecule has 0 aliphatic heterocycles. The Kier molecular flexibility index (Phi) is 79.4. The predicted octanol–water partition coefficient (Wildman–Crippen LogP) is 26.0. The molecule has 4 N–H and O–H groups in total. The summed E-state index contributed by atoms with van der Waals surface area (Å²) in [5.74, 6) is -1.61. The smallest absolute Gasteiger partial charge is 0.463 e. The van der Waals surface area contributed by atoms with Gasteiger partial charge in [-0.2, -0.15) is 0 Å². The monoisotopic (exact) mass is 1570 g/mol. The van der Waals surface area contributed by atoms with E-state index in [4.69, 9.17) is 32.3 Å². The van der Waals surface area contributed by atoms with Gasteiger partial charge in [0.05, 0.1) is 26.4 Å². The van der Waals surface area contributed by atoms with Crippen LogP contribution in [0.3, 0.4) is 0 Å². The van der Waals surface area contributed by atoms with Crippen LogP contribution in [0.5, 0.6) is 0 Å². The van der Waals surface area contributed by atoms with Crippen molar-refractivity contribution in [3.8, 4) is 0 Å². The molecule has 0 rings (SSSR count). The van der Waals surface area contributed by atoms with E-state index >= 15 is 0 Å². The zero-order chi connectivity index (χ0) is 79.4. The van der Waals surface area contributed by atoms with Gasteiger partial charge in [-0.05, 0) is 148 Å². The second-order valence-corrected chi connectivity index (χ2v) is 31.5. The van der Waals surface area contributed by atoms with Gasteiger partial charge in [-0.3, -0.25) is 32.5 Å². The maximum atomic E-state index is 13.0. The second-order valence-electron chi connectivity index (χ2n) is 28.6. The number of aliphatic hydroxyl groups is 2. The van der Waals surface area contributed by atoms with E-state index in [9.17, 15) is 43.5 Å². The molecule has 0 aliphatic carbocycles. The molecular weight excluding hydrogens is 1410 g/mol. The van der Waals surface area contributed by atoms with Crippen molar-refractivity contribution in [1.82, 2.24) is 0 Å². The number of carbonyl (C=O) groups excluding carboxylic acids is 3. The normalized spacial score (nSPS) is 14.6. The fraction of sp³-hybridized carbons (Fsp3) is 0.703. The van der Waals surface area contributed by atoms with E-state index in [2.05, 4.69) is 167 Å². The van der Waals surface area contributed by atoms with E-state index in [-0.39, 0.29) is 19.3 Å². The molecule has 5 unspecified atom stereocenters. The van der Waals surface area contributed by atoms with Crippen LogP contribution in [-0.2, 0) is 55.8 Å². The highest BCUT2D eigenvalue weighted by Crippen LogP contribution is 2.45. The topological polar surface area (TPSA) is 231 Å². The van der Waals surface area contributed by atoms with Gasteiger partial charge in [0.15, 0.2) is 6.10 Å². The second kappa shape index (κ2) is 82.9. The maximum Gasteiger partial charge on any atom is 0.472 e. The first-order valence-corrected chi connectivity index (χ1v) is 46.1. The first kappa shape index (κ1) is 104. The Morgan fingerprint density at radius 3 is 0.771 bits per heavy atom. The predicted molar refractivity (Wildman–Crippen MR) is 454 cm³/mol. The summed E-state index contributed by atoms with van der Waals surface area (Å²) in [6, 6.07) is 0.